The molecule has 0 spiro atoms. The largest absolute Gasteiger partial charge is 0.497 e. The topological polar surface area (TPSA) is 132 Å². The molecule has 11 heteroatoms. The molecule has 0 unspecified atom stereocenters. The van der Waals surface area contributed by atoms with E-state index in [0.29, 0.717) is 61.8 Å². The monoisotopic (exact) mass is 658 g/mol. The molecule has 48 heavy (non-hydrogen) atoms. The van der Waals surface area contributed by atoms with Gasteiger partial charge in [-0.2, -0.15) is 0 Å². The van der Waals surface area contributed by atoms with E-state index in [1.807, 2.05) is 77.7 Å². The Hall–Kier alpha value is -4.74. The van der Waals surface area contributed by atoms with E-state index >= 15 is 0 Å². The maximum Gasteiger partial charge on any atom is 0.333 e. The lowest BCUT2D eigenvalue weighted by molar-refractivity contribution is -0.197. The highest BCUT2D eigenvalue weighted by Gasteiger charge is 2.38. The molecular formula is C37H42N2O9. The molecule has 1 N–H and O–H groups in total. The summed E-state index contributed by atoms with van der Waals surface area (Å²) in [5.41, 5.74) is 2.30. The number of rotatable bonds is 14. The van der Waals surface area contributed by atoms with Gasteiger partial charge in [-0.05, 0) is 72.2 Å². The number of imide groups is 1. The summed E-state index contributed by atoms with van der Waals surface area (Å²) in [5, 5.41) is 10.4. The number of aliphatic hydroxyl groups excluding tert-OH is 1. The van der Waals surface area contributed by atoms with Crippen molar-refractivity contribution in [1.82, 2.24) is 9.96 Å². The molecule has 2 saturated heterocycles. The molecule has 254 valence electrons. The van der Waals surface area contributed by atoms with Gasteiger partial charge < -0.3 is 29.1 Å². The first-order valence-corrected chi connectivity index (χ1v) is 16.3. The third-order valence-electron chi connectivity index (χ3n) is 8.84. The molecule has 2 heterocycles. The molecule has 3 aromatic carbocycles. The van der Waals surface area contributed by atoms with Crippen molar-refractivity contribution in [2.24, 2.45) is 0 Å². The Morgan fingerprint density at radius 2 is 1.27 bits per heavy atom. The predicted octanol–water partition coefficient (Wildman–Crippen LogP) is 4.32. The van der Waals surface area contributed by atoms with Crippen LogP contribution in [0.2, 0.25) is 0 Å². The average Bonchev–Trinajstić information content (AvgIpc) is 3.43. The van der Waals surface area contributed by atoms with Gasteiger partial charge in [-0.15, -0.1) is 5.06 Å². The van der Waals surface area contributed by atoms with E-state index in [-0.39, 0.29) is 37.9 Å². The highest BCUT2D eigenvalue weighted by Crippen LogP contribution is 2.42. The van der Waals surface area contributed by atoms with Gasteiger partial charge in [0.25, 0.3) is 11.8 Å². The maximum absolute atomic E-state index is 12.9. The number of aryl methyl sites for hydroxylation is 1. The summed E-state index contributed by atoms with van der Waals surface area (Å²) in [6.45, 7) is 1.39. The number of nitrogens with zero attached hydrogens (tertiary/aromatic N) is 2. The molecule has 3 amide bonds. The SMILES string of the molecule is COc1ccc(C(OCCCC(=O)N2CCC(O)CC2)(c2ccc(CCC(=O)ON3C(=O)CCC3=O)cc2)c2ccc(OC)cc2)cc1. The van der Waals surface area contributed by atoms with E-state index in [0.717, 1.165) is 22.3 Å². The minimum Gasteiger partial charge on any atom is -0.497 e. The van der Waals surface area contributed by atoms with Crippen LogP contribution in [0.3, 0.4) is 0 Å². The van der Waals surface area contributed by atoms with Crippen LogP contribution < -0.4 is 9.47 Å². The van der Waals surface area contributed by atoms with Gasteiger partial charge >= 0.3 is 5.97 Å². The summed E-state index contributed by atoms with van der Waals surface area (Å²) in [4.78, 5) is 55.8. The second-order valence-electron chi connectivity index (χ2n) is 11.9. The molecule has 3 aromatic rings. The Kier molecular flexibility index (Phi) is 11.5. The summed E-state index contributed by atoms with van der Waals surface area (Å²) in [5.74, 6) is -0.250. The van der Waals surface area contributed by atoms with Crippen molar-refractivity contribution in [3.05, 3.63) is 95.1 Å². The Bertz CT molecular complexity index is 1500. The third-order valence-corrected chi connectivity index (χ3v) is 8.84. The van der Waals surface area contributed by atoms with Gasteiger partial charge in [0.15, 0.2) is 0 Å². The smallest absolute Gasteiger partial charge is 0.333 e. The fraction of sp³-hybridized carbons (Fsp3) is 0.405. The zero-order valence-corrected chi connectivity index (χ0v) is 27.4. The Labute approximate surface area is 280 Å². The number of hydrogen-bond donors (Lipinski definition) is 1. The van der Waals surface area contributed by atoms with Gasteiger partial charge in [-0.3, -0.25) is 14.4 Å². The summed E-state index contributed by atoms with van der Waals surface area (Å²) < 4.78 is 17.8. The number of hydroxylamine groups is 2. The lowest BCUT2D eigenvalue weighted by atomic mass is 9.79. The van der Waals surface area contributed by atoms with Crippen molar-refractivity contribution in [2.45, 2.75) is 63.1 Å². The van der Waals surface area contributed by atoms with Crippen LogP contribution >= 0.6 is 0 Å². The predicted molar refractivity (Wildman–Crippen MR) is 175 cm³/mol. The number of methoxy groups -OCH3 is 2. The van der Waals surface area contributed by atoms with Gasteiger partial charge in [0.2, 0.25) is 5.91 Å². The van der Waals surface area contributed by atoms with E-state index in [1.54, 1.807) is 14.2 Å². The maximum atomic E-state index is 12.9. The number of hydrogen-bond acceptors (Lipinski definition) is 9. The quantitative estimate of drug-likeness (QED) is 0.153. The molecule has 0 aromatic heterocycles. The number of aliphatic hydroxyl groups is 1. The standard InChI is InChI=1S/C37H42N2O9/c1-45-31-14-10-28(11-15-31)37(29-12-16-32(46-2)17-13-29,47-25-3-4-33(41)38-23-21-30(40)22-24-38)27-8-5-26(6-9-27)7-20-36(44)48-39-34(42)18-19-35(39)43/h5-6,8-17,30,40H,3-4,7,18-25H2,1-2H3. The number of carbonyl (C=O) groups is 4. The number of benzene rings is 3. The molecule has 0 saturated carbocycles. The van der Waals surface area contributed by atoms with Gasteiger partial charge in [0, 0.05) is 39.0 Å². The van der Waals surface area contributed by atoms with E-state index in [4.69, 9.17) is 19.0 Å². The van der Waals surface area contributed by atoms with Crippen molar-refractivity contribution in [1.29, 1.82) is 0 Å². The third kappa shape index (κ3) is 8.03. The van der Waals surface area contributed by atoms with Crippen LogP contribution in [-0.4, -0.2) is 78.8 Å². The van der Waals surface area contributed by atoms with E-state index < -0.39 is 23.4 Å². The van der Waals surface area contributed by atoms with Gasteiger partial charge in [-0.1, -0.05) is 48.5 Å². The van der Waals surface area contributed by atoms with Crippen LogP contribution in [-0.2, 0) is 40.8 Å². The lowest BCUT2D eigenvalue weighted by Gasteiger charge is -2.36. The molecule has 2 aliphatic rings. The van der Waals surface area contributed by atoms with Gasteiger partial charge in [0.05, 0.1) is 26.7 Å². The fourth-order valence-corrected chi connectivity index (χ4v) is 6.08. The molecule has 0 bridgehead atoms. The van der Waals surface area contributed by atoms with E-state index in [1.165, 1.54) is 0 Å². The first-order valence-electron chi connectivity index (χ1n) is 16.3. The highest BCUT2D eigenvalue weighted by atomic mass is 16.7. The van der Waals surface area contributed by atoms with Gasteiger partial charge in [-0.25, -0.2) is 4.79 Å². The molecule has 0 atom stereocenters. The van der Waals surface area contributed by atoms with Crippen molar-refractivity contribution in [2.75, 3.05) is 33.9 Å². The molecular weight excluding hydrogens is 616 g/mol. The first-order chi connectivity index (χ1) is 23.2. The van der Waals surface area contributed by atoms with Crippen molar-refractivity contribution >= 4 is 23.7 Å². The second kappa shape index (κ2) is 15.9. The van der Waals surface area contributed by atoms with Crippen LogP contribution in [0.1, 0.15) is 67.2 Å². The molecule has 2 aliphatic heterocycles. The van der Waals surface area contributed by atoms with E-state index in [9.17, 15) is 24.3 Å². The Morgan fingerprint density at radius 3 is 1.77 bits per heavy atom. The Balaban J connectivity index is 1.39. The summed E-state index contributed by atoms with van der Waals surface area (Å²) in [7, 11) is 3.22. The minimum atomic E-state index is -1.08. The van der Waals surface area contributed by atoms with Crippen LogP contribution in [0.15, 0.2) is 72.8 Å². The fourth-order valence-electron chi connectivity index (χ4n) is 6.08. The normalized spacial score (nSPS) is 15.5. The highest BCUT2D eigenvalue weighted by molar-refractivity contribution is 6.01. The summed E-state index contributed by atoms with van der Waals surface area (Å²) in [6, 6.07) is 23.1. The molecule has 0 aliphatic carbocycles. The number of amides is 3. The minimum absolute atomic E-state index is 0.0149. The average molecular weight is 659 g/mol. The van der Waals surface area contributed by atoms with Crippen LogP contribution in [0, 0.1) is 0 Å². The van der Waals surface area contributed by atoms with Crippen molar-refractivity contribution < 1.29 is 43.3 Å². The van der Waals surface area contributed by atoms with Crippen molar-refractivity contribution in [3.8, 4) is 11.5 Å². The van der Waals surface area contributed by atoms with Gasteiger partial charge in [0.1, 0.15) is 17.1 Å². The number of likely N-dealkylation sites (tertiary alicyclic amines) is 1. The number of ether oxygens (including phenoxy) is 3. The Morgan fingerprint density at radius 1 is 0.771 bits per heavy atom. The lowest BCUT2D eigenvalue weighted by Crippen LogP contribution is -2.40. The number of piperidine rings is 1. The molecule has 11 nitrogen and oxygen atoms in total. The van der Waals surface area contributed by atoms with Crippen molar-refractivity contribution in [3.63, 3.8) is 0 Å². The molecule has 0 radical (unpaired) electrons. The zero-order valence-electron chi connectivity index (χ0n) is 27.4. The summed E-state index contributed by atoms with van der Waals surface area (Å²) >= 11 is 0. The summed E-state index contributed by atoms with van der Waals surface area (Å²) in [6.07, 6.45) is 2.06. The number of carbonyl (C=O) groups excluding carboxylic acids is 4. The second-order valence-corrected chi connectivity index (χ2v) is 11.9. The molecule has 5 rings (SSSR count). The van der Waals surface area contributed by atoms with Crippen LogP contribution in [0.5, 0.6) is 11.5 Å². The first kappa shape index (κ1) is 34.6. The van der Waals surface area contributed by atoms with Crippen LogP contribution in [0.25, 0.3) is 0 Å². The van der Waals surface area contributed by atoms with Crippen LogP contribution in [0.4, 0.5) is 0 Å². The van der Waals surface area contributed by atoms with E-state index in [2.05, 4.69) is 0 Å². The zero-order chi connectivity index (χ0) is 34.1. The molecule has 2 fully saturated rings.